The van der Waals surface area contributed by atoms with Gasteiger partial charge in [0.15, 0.2) is 0 Å². The topological polar surface area (TPSA) is 72.5 Å². The maximum absolute atomic E-state index is 11.0. The average Bonchev–Trinajstić information content (AvgIpc) is 2.19. The number of benzene rings is 1. The van der Waals surface area contributed by atoms with E-state index in [1.807, 2.05) is 30.3 Å². The first kappa shape index (κ1) is 10.3. The van der Waals surface area contributed by atoms with Gasteiger partial charge in [0.1, 0.15) is 0 Å². The summed E-state index contributed by atoms with van der Waals surface area (Å²) in [6, 6.07) is 8.54. The smallest absolute Gasteiger partial charge is 0.273 e. The Labute approximate surface area is 81.4 Å². The first-order valence-electron chi connectivity index (χ1n) is 4.15. The molecule has 0 saturated carbocycles. The van der Waals surface area contributed by atoms with E-state index in [0.29, 0.717) is 6.42 Å². The largest absolute Gasteiger partial charge is 0.320 e. The fourth-order valence-electron chi connectivity index (χ4n) is 1.08. The number of nitrogens with two attached hydrogens (primary N) is 1. The highest BCUT2D eigenvalue weighted by molar-refractivity contribution is 5.86. The zero-order chi connectivity index (χ0) is 10.4. The molecule has 14 heavy (non-hydrogen) atoms. The van der Waals surface area contributed by atoms with Crippen LogP contribution in [-0.2, 0) is 16.0 Å². The second-order valence-electron chi connectivity index (χ2n) is 2.84. The fraction of sp³-hybridized carbons (Fsp3) is 0.200. The molecule has 0 aliphatic carbocycles. The van der Waals surface area contributed by atoms with Gasteiger partial charge in [0, 0.05) is 0 Å². The van der Waals surface area contributed by atoms with Crippen molar-refractivity contribution in [2.45, 2.75) is 12.5 Å². The van der Waals surface area contributed by atoms with Gasteiger partial charge in [-0.3, -0.25) is 4.79 Å². The highest BCUT2D eigenvalue weighted by Crippen LogP contribution is 2.02. The van der Waals surface area contributed by atoms with Crippen molar-refractivity contribution in [3.63, 3.8) is 0 Å². The van der Waals surface area contributed by atoms with Crippen molar-refractivity contribution in [3.8, 4) is 0 Å². The van der Waals surface area contributed by atoms with Crippen molar-refractivity contribution < 1.29 is 9.59 Å². The van der Waals surface area contributed by atoms with Crippen LogP contribution >= 0.6 is 0 Å². The molecule has 0 spiro atoms. The Hall–Kier alpha value is -1.77. The molecular weight excluding hydrogens is 180 g/mol. The summed E-state index contributed by atoms with van der Waals surface area (Å²) in [7, 11) is 0. The Morgan fingerprint density at radius 3 is 2.64 bits per heavy atom. The number of hydrogen-bond donors (Lipinski definition) is 1. The van der Waals surface area contributed by atoms with Crippen LogP contribution in [0.1, 0.15) is 5.56 Å². The number of amides is 1. The van der Waals surface area contributed by atoms with Gasteiger partial charge in [-0.25, -0.2) is 4.79 Å². The van der Waals surface area contributed by atoms with E-state index in [2.05, 4.69) is 4.99 Å². The molecule has 1 unspecified atom stereocenters. The summed E-state index contributed by atoms with van der Waals surface area (Å²) in [5.74, 6) is -0.635. The molecular formula is C10H10N2O2. The quantitative estimate of drug-likeness (QED) is 0.554. The summed E-state index contributed by atoms with van der Waals surface area (Å²) in [5, 5.41) is 0. The third kappa shape index (κ3) is 2.94. The van der Waals surface area contributed by atoms with Crippen molar-refractivity contribution in [1.82, 2.24) is 0 Å². The molecule has 72 valence electrons. The monoisotopic (exact) mass is 190 g/mol. The number of aliphatic imine (C=N–C) groups is 1. The van der Waals surface area contributed by atoms with E-state index < -0.39 is 11.9 Å². The minimum Gasteiger partial charge on any atom is -0.320 e. The van der Waals surface area contributed by atoms with Crippen LogP contribution in [0.4, 0.5) is 0 Å². The van der Waals surface area contributed by atoms with Crippen molar-refractivity contribution >= 4 is 12.0 Å². The highest BCUT2D eigenvalue weighted by atomic mass is 16.2. The molecule has 4 heteroatoms. The number of hydrogen-bond acceptors (Lipinski definition) is 3. The molecule has 0 aliphatic rings. The van der Waals surface area contributed by atoms with Gasteiger partial charge in [0.05, 0.1) is 6.04 Å². The summed E-state index contributed by atoms with van der Waals surface area (Å²) in [5.41, 5.74) is 6.45. The fourth-order valence-corrected chi connectivity index (χ4v) is 1.08. The maximum atomic E-state index is 11.0. The minimum absolute atomic E-state index is 0.380. The van der Waals surface area contributed by atoms with E-state index in [0.717, 1.165) is 5.56 Å². The number of isocyanates is 1. The van der Waals surface area contributed by atoms with Gasteiger partial charge in [-0.2, -0.15) is 0 Å². The molecule has 1 amide bonds. The van der Waals surface area contributed by atoms with E-state index in [9.17, 15) is 9.59 Å². The van der Waals surface area contributed by atoms with Gasteiger partial charge in [-0.15, -0.1) is 4.99 Å². The van der Waals surface area contributed by atoms with Crippen molar-refractivity contribution in [3.05, 3.63) is 35.9 Å². The Kier molecular flexibility index (Phi) is 3.73. The van der Waals surface area contributed by atoms with Crippen LogP contribution in [0.3, 0.4) is 0 Å². The van der Waals surface area contributed by atoms with Crippen LogP contribution in [0.25, 0.3) is 0 Å². The Bertz CT molecular complexity index is 356. The second kappa shape index (κ2) is 5.07. The van der Waals surface area contributed by atoms with Gasteiger partial charge >= 0.3 is 0 Å². The standard InChI is InChI=1S/C10H10N2O2/c11-9(10(14)12-7-13)6-8-4-2-1-3-5-8/h1-5,9H,6,11H2. The van der Waals surface area contributed by atoms with Crippen LogP contribution in [0, 0.1) is 0 Å². The Morgan fingerprint density at radius 1 is 1.43 bits per heavy atom. The predicted octanol–water partition coefficient (Wildman–Crippen LogP) is 0.419. The van der Waals surface area contributed by atoms with Crippen molar-refractivity contribution in [2.24, 2.45) is 10.7 Å². The summed E-state index contributed by atoms with van der Waals surface area (Å²) < 4.78 is 0. The Morgan fingerprint density at radius 2 is 2.07 bits per heavy atom. The van der Waals surface area contributed by atoms with E-state index in [1.165, 1.54) is 6.08 Å². The first-order chi connectivity index (χ1) is 6.74. The molecule has 0 aromatic heterocycles. The molecule has 1 rings (SSSR count). The summed E-state index contributed by atoms with van der Waals surface area (Å²) in [6.45, 7) is 0. The molecule has 1 aromatic carbocycles. The predicted molar refractivity (Wildman–Crippen MR) is 51.2 cm³/mol. The molecule has 4 nitrogen and oxygen atoms in total. The summed E-state index contributed by atoms with van der Waals surface area (Å²) in [6.07, 6.45) is 1.56. The third-order valence-corrected chi connectivity index (χ3v) is 1.77. The van der Waals surface area contributed by atoms with Gasteiger partial charge < -0.3 is 5.73 Å². The average molecular weight is 190 g/mol. The van der Waals surface area contributed by atoms with Crippen LogP contribution < -0.4 is 5.73 Å². The molecule has 0 fully saturated rings. The van der Waals surface area contributed by atoms with Crippen LogP contribution in [0.5, 0.6) is 0 Å². The third-order valence-electron chi connectivity index (χ3n) is 1.77. The van der Waals surface area contributed by atoms with E-state index in [1.54, 1.807) is 0 Å². The summed E-state index contributed by atoms with van der Waals surface area (Å²) >= 11 is 0. The van der Waals surface area contributed by atoms with E-state index >= 15 is 0 Å². The number of rotatable bonds is 3. The zero-order valence-electron chi connectivity index (χ0n) is 7.51. The van der Waals surface area contributed by atoms with Crippen LogP contribution in [-0.4, -0.2) is 18.0 Å². The van der Waals surface area contributed by atoms with E-state index in [4.69, 9.17) is 5.73 Å². The van der Waals surface area contributed by atoms with Crippen molar-refractivity contribution in [2.75, 3.05) is 0 Å². The zero-order valence-corrected chi connectivity index (χ0v) is 7.51. The maximum Gasteiger partial charge on any atom is 0.273 e. The lowest BCUT2D eigenvalue weighted by atomic mass is 10.1. The number of carbonyl (C=O) groups excluding carboxylic acids is 2. The van der Waals surface area contributed by atoms with Crippen LogP contribution in [0.2, 0.25) is 0 Å². The Balaban J connectivity index is 2.61. The lowest BCUT2D eigenvalue weighted by molar-refractivity contribution is -0.118. The lowest BCUT2D eigenvalue weighted by Crippen LogP contribution is -2.31. The molecule has 2 N–H and O–H groups in total. The van der Waals surface area contributed by atoms with Gasteiger partial charge in [0.25, 0.3) is 5.91 Å². The van der Waals surface area contributed by atoms with Gasteiger partial charge in [0.2, 0.25) is 6.08 Å². The summed E-state index contributed by atoms with van der Waals surface area (Å²) in [4.78, 5) is 23.7. The highest BCUT2D eigenvalue weighted by Gasteiger charge is 2.12. The number of nitrogens with zero attached hydrogens (tertiary/aromatic N) is 1. The molecule has 0 radical (unpaired) electrons. The van der Waals surface area contributed by atoms with Crippen molar-refractivity contribution in [1.29, 1.82) is 0 Å². The lowest BCUT2D eigenvalue weighted by Gasteiger charge is -2.05. The van der Waals surface area contributed by atoms with Gasteiger partial charge in [-0.1, -0.05) is 30.3 Å². The molecule has 0 bridgehead atoms. The van der Waals surface area contributed by atoms with E-state index in [-0.39, 0.29) is 0 Å². The molecule has 0 heterocycles. The molecule has 0 aliphatic heterocycles. The SMILES string of the molecule is NC(Cc1ccccc1)C(=O)N=C=O. The molecule has 1 atom stereocenters. The van der Waals surface area contributed by atoms with Crippen LogP contribution in [0.15, 0.2) is 35.3 Å². The molecule has 0 saturated heterocycles. The first-order valence-corrected chi connectivity index (χ1v) is 4.15. The normalized spacial score (nSPS) is 11.5. The molecule has 1 aromatic rings. The second-order valence-corrected chi connectivity index (χ2v) is 2.84. The number of carbonyl (C=O) groups is 1. The van der Waals surface area contributed by atoms with Gasteiger partial charge in [-0.05, 0) is 12.0 Å². The minimum atomic E-state index is -0.765.